The number of hydrogen-bond acceptors (Lipinski definition) is 5. The van der Waals surface area contributed by atoms with Crippen molar-refractivity contribution in [1.29, 1.82) is 0 Å². The summed E-state index contributed by atoms with van der Waals surface area (Å²) in [7, 11) is -1.30. The number of benzene rings is 1. The first kappa shape index (κ1) is 30.6. The molecule has 1 aromatic carbocycles. The number of imidazole rings is 1. The van der Waals surface area contributed by atoms with Crippen molar-refractivity contribution in [2.45, 2.75) is 90.2 Å². The Morgan fingerprint density at radius 3 is 2.36 bits per heavy atom. The van der Waals surface area contributed by atoms with Gasteiger partial charge in [0, 0.05) is 43.5 Å². The maximum atomic E-state index is 14.0. The number of aromatic nitrogens is 2. The van der Waals surface area contributed by atoms with Gasteiger partial charge in [0.25, 0.3) is 5.03 Å². The maximum absolute atomic E-state index is 14.0. The van der Waals surface area contributed by atoms with Crippen LogP contribution in [0.3, 0.4) is 0 Å². The molecule has 11 heteroatoms. The summed E-state index contributed by atoms with van der Waals surface area (Å²) in [6.07, 6.45) is -0.0199. The largest absolute Gasteiger partial charge is 0.610 e. The fraction of sp³-hybridized carbons (Fsp3) is 0.600. The van der Waals surface area contributed by atoms with Gasteiger partial charge in [-0.25, -0.2) is 9.18 Å². The van der Waals surface area contributed by atoms with Gasteiger partial charge in [-0.15, -0.1) is 0 Å². The normalized spacial score (nSPS) is 13.8. The van der Waals surface area contributed by atoms with E-state index in [-0.39, 0.29) is 23.8 Å². The van der Waals surface area contributed by atoms with Crippen LogP contribution in [0.1, 0.15) is 50.9 Å². The molecular formula is C25H39ClFN3O4SSi. The molecule has 0 aliphatic rings. The van der Waals surface area contributed by atoms with E-state index in [1.54, 1.807) is 22.6 Å². The van der Waals surface area contributed by atoms with Crippen molar-refractivity contribution in [3.8, 4) is 0 Å². The van der Waals surface area contributed by atoms with Crippen LogP contribution in [0.25, 0.3) is 0 Å². The quantitative estimate of drug-likeness (QED) is 0.181. The Balaban J connectivity index is 2.57. The maximum Gasteiger partial charge on any atom is 0.411 e. The molecule has 2 atom stereocenters. The second-order valence-corrected chi connectivity index (χ2v) is 17.9. The summed E-state index contributed by atoms with van der Waals surface area (Å²) >= 11 is 4.71. The molecule has 0 spiro atoms. The summed E-state index contributed by atoms with van der Waals surface area (Å²) in [5.74, 6) is -0.241. The Morgan fingerprint density at radius 1 is 1.25 bits per heavy atom. The van der Waals surface area contributed by atoms with E-state index in [1.807, 2.05) is 27.7 Å². The molecule has 0 fully saturated rings. The van der Waals surface area contributed by atoms with E-state index in [0.29, 0.717) is 28.7 Å². The number of rotatable bonds is 11. The Morgan fingerprint density at radius 2 is 1.86 bits per heavy atom. The molecule has 0 saturated heterocycles. The average Bonchev–Trinajstić information content (AvgIpc) is 3.06. The summed E-state index contributed by atoms with van der Waals surface area (Å²) < 4.78 is 40.3. The highest BCUT2D eigenvalue weighted by Crippen LogP contribution is 2.32. The smallest absolute Gasteiger partial charge is 0.411 e. The summed E-state index contributed by atoms with van der Waals surface area (Å²) in [6.45, 7) is 16.9. The van der Waals surface area contributed by atoms with Crippen LogP contribution in [0.5, 0.6) is 0 Å². The third kappa shape index (κ3) is 7.95. The van der Waals surface area contributed by atoms with Gasteiger partial charge in [0.05, 0.1) is 10.7 Å². The van der Waals surface area contributed by atoms with Gasteiger partial charge in [-0.3, -0.25) is 4.57 Å². The molecule has 2 aromatic rings. The van der Waals surface area contributed by atoms with E-state index in [2.05, 4.69) is 24.6 Å². The molecule has 0 aliphatic heterocycles. The van der Waals surface area contributed by atoms with Crippen molar-refractivity contribution in [3.63, 3.8) is 0 Å². The summed E-state index contributed by atoms with van der Waals surface area (Å²) in [4.78, 5) is 19.6. The highest BCUT2D eigenvalue weighted by atomic mass is 35.5. The number of halogens is 2. The number of amides is 1. The standard InChI is InChI=1S/C25H39ClFN3O4SSi/c1-16(2)30(17(3)4)25(31)34-22(19-10-11-21(27)20(26)14-19)23-28-24(35(6)32)18(5)29(23)15-33-12-13-36(7,8)9/h10-11,14,16-17,22H,12-13,15H2,1-9H3. The average molecular weight is 560 g/mol. The number of carbonyl (C=O) groups is 1. The first-order chi connectivity index (χ1) is 16.6. The topological polar surface area (TPSA) is 79.7 Å². The number of hydrogen-bond donors (Lipinski definition) is 0. The molecule has 2 rings (SSSR count). The van der Waals surface area contributed by atoms with E-state index in [4.69, 9.17) is 21.1 Å². The van der Waals surface area contributed by atoms with Crippen molar-refractivity contribution < 1.29 is 23.2 Å². The zero-order valence-electron chi connectivity index (χ0n) is 22.7. The number of ether oxygens (including phenoxy) is 2. The minimum Gasteiger partial charge on any atom is -0.610 e. The van der Waals surface area contributed by atoms with Gasteiger partial charge >= 0.3 is 6.09 Å². The molecule has 202 valence electrons. The van der Waals surface area contributed by atoms with Crippen LogP contribution < -0.4 is 0 Å². The van der Waals surface area contributed by atoms with Crippen LogP contribution in [0, 0.1) is 12.7 Å². The third-order valence-corrected chi connectivity index (χ3v) is 8.64. The SMILES string of the molecule is Cc1c([S+](C)[O-])nc(C(OC(=O)N(C(C)C)C(C)C)c2ccc(F)c(Cl)c2)n1COCC[Si](C)(C)C. The summed E-state index contributed by atoms with van der Waals surface area (Å²) in [5.41, 5.74) is 1.10. The Kier molecular flexibility index (Phi) is 10.9. The van der Waals surface area contributed by atoms with Gasteiger partial charge in [0.15, 0.2) is 11.9 Å². The predicted molar refractivity (Wildman–Crippen MR) is 145 cm³/mol. The van der Waals surface area contributed by atoms with Crippen LogP contribution in [0.4, 0.5) is 9.18 Å². The van der Waals surface area contributed by atoms with E-state index < -0.39 is 37.3 Å². The van der Waals surface area contributed by atoms with E-state index >= 15 is 0 Å². The molecule has 7 nitrogen and oxygen atoms in total. The van der Waals surface area contributed by atoms with Crippen LogP contribution in [-0.4, -0.2) is 58.1 Å². The number of nitrogens with zero attached hydrogens (tertiary/aromatic N) is 3. The predicted octanol–water partition coefficient (Wildman–Crippen LogP) is 6.38. The molecule has 2 unspecified atom stereocenters. The van der Waals surface area contributed by atoms with Crippen molar-refractivity contribution in [1.82, 2.24) is 14.5 Å². The fourth-order valence-electron chi connectivity index (χ4n) is 3.83. The van der Waals surface area contributed by atoms with Crippen molar-refractivity contribution in [2.75, 3.05) is 12.9 Å². The second kappa shape index (κ2) is 12.8. The monoisotopic (exact) mass is 559 g/mol. The molecule has 0 bridgehead atoms. The minimum absolute atomic E-state index is 0.0985. The van der Waals surface area contributed by atoms with Gasteiger partial charge in [-0.05, 0) is 52.8 Å². The molecular weight excluding hydrogens is 521 g/mol. The van der Waals surface area contributed by atoms with Crippen molar-refractivity contribution in [3.05, 3.63) is 46.1 Å². The first-order valence-corrected chi connectivity index (χ1v) is 17.7. The van der Waals surface area contributed by atoms with Gasteiger partial charge < -0.3 is 18.9 Å². The van der Waals surface area contributed by atoms with Gasteiger partial charge in [0.1, 0.15) is 18.8 Å². The summed E-state index contributed by atoms with van der Waals surface area (Å²) in [5, 5.41) is 0.274. The lowest BCUT2D eigenvalue weighted by Gasteiger charge is -2.31. The molecule has 0 N–H and O–H groups in total. The number of carbonyl (C=O) groups excluding carboxylic acids is 1. The van der Waals surface area contributed by atoms with Crippen LogP contribution >= 0.6 is 11.6 Å². The Hall–Kier alpha value is -1.59. The summed E-state index contributed by atoms with van der Waals surface area (Å²) in [6, 6.07) is 4.92. The lowest BCUT2D eigenvalue weighted by atomic mass is 10.1. The molecule has 0 saturated carbocycles. The molecule has 1 amide bonds. The zero-order chi connectivity index (χ0) is 27.4. The van der Waals surface area contributed by atoms with Crippen molar-refractivity contribution in [2.24, 2.45) is 0 Å². The van der Waals surface area contributed by atoms with Gasteiger partial charge in [0.2, 0.25) is 0 Å². The Bertz CT molecular complexity index is 1040. The molecule has 36 heavy (non-hydrogen) atoms. The van der Waals surface area contributed by atoms with Gasteiger partial charge in [-0.1, -0.05) is 37.3 Å². The first-order valence-electron chi connectivity index (χ1n) is 12.1. The lowest BCUT2D eigenvalue weighted by molar-refractivity contribution is 0.0455. The van der Waals surface area contributed by atoms with Gasteiger partial charge in [-0.2, -0.15) is 4.98 Å². The van der Waals surface area contributed by atoms with Crippen LogP contribution in [-0.2, 0) is 27.4 Å². The highest BCUT2D eigenvalue weighted by Gasteiger charge is 2.33. The zero-order valence-corrected chi connectivity index (χ0v) is 25.3. The van der Waals surface area contributed by atoms with Crippen LogP contribution in [0.15, 0.2) is 23.2 Å². The minimum atomic E-state index is -1.39. The van der Waals surface area contributed by atoms with Crippen LogP contribution in [0.2, 0.25) is 30.7 Å². The molecule has 0 radical (unpaired) electrons. The second-order valence-electron chi connectivity index (χ2n) is 10.6. The van der Waals surface area contributed by atoms with E-state index in [0.717, 1.165) is 6.04 Å². The fourth-order valence-corrected chi connectivity index (χ4v) is 5.52. The Labute approximate surface area is 223 Å². The van der Waals surface area contributed by atoms with Crippen molar-refractivity contribution >= 4 is 36.9 Å². The molecule has 1 aromatic heterocycles. The van der Waals surface area contributed by atoms with E-state index in [9.17, 15) is 13.7 Å². The molecule has 1 heterocycles. The van der Waals surface area contributed by atoms with E-state index in [1.165, 1.54) is 18.2 Å². The third-order valence-electron chi connectivity index (χ3n) is 5.72. The lowest BCUT2D eigenvalue weighted by Crippen LogP contribution is -2.43. The highest BCUT2D eigenvalue weighted by molar-refractivity contribution is 7.90. The molecule has 0 aliphatic carbocycles.